The van der Waals surface area contributed by atoms with Crippen LogP contribution in [0.4, 0.5) is 0 Å². The summed E-state index contributed by atoms with van der Waals surface area (Å²) in [5.74, 6) is 2.09. The van der Waals surface area contributed by atoms with E-state index >= 15 is 0 Å². The van der Waals surface area contributed by atoms with Gasteiger partial charge in [-0.25, -0.2) is 0 Å². The van der Waals surface area contributed by atoms with Crippen LogP contribution in [-0.2, 0) is 0 Å². The number of rotatable bonds is 0. The van der Waals surface area contributed by atoms with Crippen LogP contribution in [0.5, 0.6) is 0 Å². The van der Waals surface area contributed by atoms with E-state index < -0.39 is 0 Å². The summed E-state index contributed by atoms with van der Waals surface area (Å²) >= 11 is 0. The van der Waals surface area contributed by atoms with Crippen molar-refractivity contribution in [3.8, 4) is 0 Å². The Morgan fingerprint density at radius 3 is 2.82 bits per heavy atom. The van der Waals surface area contributed by atoms with Gasteiger partial charge < -0.3 is 5.32 Å². The number of aliphatic imine (C=N–C) groups is 2. The van der Waals surface area contributed by atoms with Crippen molar-refractivity contribution < 1.29 is 0 Å². The van der Waals surface area contributed by atoms with E-state index in [9.17, 15) is 0 Å². The lowest BCUT2D eigenvalue weighted by Crippen LogP contribution is -2.39. The molecule has 60 valence electrons. The maximum absolute atomic E-state index is 4.32. The third kappa shape index (κ3) is 1.08. The summed E-state index contributed by atoms with van der Waals surface area (Å²) in [4.78, 5) is 10.7. The van der Waals surface area contributed by atoms with Crippen LogP contribution in [0.2, 0.25) is 0 Å². The molecule has 0 aliphatic carbocycles. The van der Waals surface area contributed by atoms with E-state index in [4.69, 9.17) is 0 Å². The summed E-state index contributed by atoms with van der Waals surface area (Å²) in [6, 6.07) is 0. The smallest absolute Gasteiger partial charge is 0.199 e. The first-order valence-electron chi connectivity index (χ1n) is 3.95. The van der Waals surface area contributed by atoms with Crippen molar-refractivity contribution in [1.29, 1.82) is 0 Å². The molecule has 2 aliphatic rings. The molecule has 0 saturated carbocycles. The normalized spacial score (nSPS) is 23.2. The highest BCUT2D eigenvalue weighted by Crippen LogP contribution is 2.03. The van der Waals surface area contributed by atoms with E-state index in [0.717, 1.165) is 38.0 Å². The maximum Gasteiger partial charge on any atom is 0.199 e. The molecule has 0 fully saturated rings. The molecule has 1 N–H and O–H groups in total. The van der Waals surface area contributed by atoms with Crippen LogP contribution in [0.15, 0.2) is 9.98 Å². The van der Waals surface area contributed by atoms with E-state index in [1.54, 1.807) is 0 Å². The van der Waals surface area contributed by atoms with Gasteiger partial charge in [-0.3, -0.25) is 14.9 Å². The first-order valence-corrected chi connectivity index (χ1v) is 3.95. The molecule has 0 unspecified atom stereocenters. The van der Waals surface area contributed by atoms with Gasteiger partial charge in [-0.1, -0.05) is 0 Å². The Morgan fingerprint density at radius 2 is 2.27 bits per heavy atom. The predicted octanol–water partition coefficient (Wildman–Crippen LogP) is -0.320. The van der Waals surface area contributed by atoms with Crippen LogP contribution in [-0.4, -0.2) is 42.9 Å². The lowest BCUT2D eigenvalue weighted by atomic mass is 10.5. The molecule has 2 rings (SSSR count). The summed E-state index contributed by atoms with van der Waals surface area (Å²) < 4.78 is 0. The second-order valence-electron chi connectivity index (χ2n) is 2.71. The van der Waals surface area contributed by atoms with Crippen LogP contribution < -0.4 is 5.32 Å². The monoisotopic (exact) mass is 152 g/mol. The van der Waals surface area contributed by atoms with E-state index in [1.807, 2.05) is 6.92 Å². The molecule has 0 aromatic rings. The molecule has 2 aliphatic heterocycles. The lowest BCUT2D eigenvalue weighted by molar-refractivity contribution is 0.641. The highest BCUT2D eigenvalue weighted by Gasteiger charge is 2.19. The fourth-order valence-electron chi connectivity index (χ4n) is 1.38. The molecule has 0 radical (unpaired) electrons. The molecular formula is C7H12N4. The van der Waals surface area contributed by atoms with Crippen molar-refractivity contribution in [3.63, 3.8) is 0 Å². The molecule has 0 atom stereocenters. The van der Waals surface area contributed by atoms with Crippen molar-refractivity contribution in [2.45, 2.75) is 6.92 Å². The van der Waals surface area contributed by atoms with Crippen molar-refractivity contribution in [2.75, 3.05) is 26.2 Å². The Balaban J connectivity index is 2.10. The van der Waals surface area contributed by atoms with Gasteiger partial charge in [0.05, 0.1) is 13.1 Å². The van der Waals surface area contributed by atoms with Gasteiger partial charge in [-0.2, -0.15) is 0 Å². The summed E-state index contributed by atoms with van der Waals surface area (Å²) in [5, 5.41) is 3.22. The third-order valence-corrected chi connectivity index (χ3v) is 1.97. The summed E-state index contributed by atoms with van der Waals surface area (Å²) in [6.45, 7) is 5.79. The van der Waals surface area contributed by atoms with E-state index in [0.29, 0.717) is 0 Å². The lowest BCUT2D eigenvalue weighted by Gasteiger charge is -2.17. The van der Waals surface area contributed by atoms with Crippen molar-refractivity contribution >= 4 is 11.8 Å². The number of guanidine groups is 1. The second-order valence-corrected chi connectivity index (χ2v) is 2.71. The molecule has 0 aromatic carbocycles. The predicted molar refractivity (Wildman–Crippen MR) is 45.0 cm³/mol. The number of amidine groups is 1. The Labute approximate surface area is 66.0 Å². The second kappa shape index (κ2) is 2.53. The van der Waals surface area contributed by atoms with Gasteiger partial charge in [0, 0.05) is 13.1 Å². The summed E-state index contributed by atoms with van der Waals surface area (Å²) in [5.41, 5.74) is 0. The van der Waals surface area contributed by atoms with Crippen LogP contribution in [0.25, 0.3) is 0 Å². The highest BCUT2D eigenvalue weighted by atomic mass is 15.4. The minimum atomic E-state index is 0.902. The summed E-state index contributed by atoms with van der Waals surface area (Å²) in [7, 11) is 0. The van der Waals surface area contributed by atoms with E-state index in [2.05, 4.69) is 20.2 Å². The van der Waals surface area contributed by atoms with Gasteiger partial charge in [-0.05, 0) is 6.92 Å². The highest BCUT2D eigenvalue weighted by molar-refractivity contribution is 6.00. The standard InChI is InChI=1S/C7H12N4/c1-6-8-4-5-11(6)7-9-2-3-10-7/h2-5H2,1H3,(H,9,10). The summed E-state index contributed by atoms with van der Waals surface area (Å²) in [6.07, 6.45) is 0. The van der Waals surface area contributed by atoms with Crippen LogP contribution in [0, 0.1) is 0 Å². The van der Waals surface area contributed by atoms with Crippen LogP contribution in [0.3, 0.4) is 0 Å². The molecule has 2 heterocycles. The van der Waals surface area contributed by atoms with Gasteiger partial charge >= 0.3 is 0 Å². The first kappa shape index (κ1) is 6.64. The zero-order chi connectivity index (χ0) is 7.68. The molecule has 0 saturated heterocycles. The molecular weight excluding hydrogens is 140 g/mol. The molecule has 0 amide bonds. The first-order chi connectivity index (χ1) is 5.38. The fourth-order valence-corrected chi connectivity index (χ4v) is 1.38. The number of hydrogen-bond donors (Lipinski definition) is 1. The SMILES string of the molecule is CC1=NCCN1C1=NCCN1. The Morgan fingerprint density at radius 1 is 1.36 bits per heavy atom. The molecule has 4 heteroatoms. The zero-order valence-corrected chi connectivity index (χ0v) is 6.67. The van der Waals surface area contributed by atoms with E-state index in [-0.39, 0.29) is 0 Å². The molecule has 11 heavy (non-hydrogen) atoms. The molecule has 0 aromatic heterocycles. The van der Waals surface area contributed by atoms with Gasteiger partial charge in [0.15, 0.2) is 5.96 Å². The zero-order valence-electron chi connectivity index (χ0n) is 6.67. The number of nitrogens with zero attached hydrogens (tertiary/aromatic N) is 3. The topological polar surface area (TPSA) is 40.0 Å². The Bertz CT molecular complexity index is 218. The fraction of sp³-hybridized carbons (Fsp3) is 0.714. The van der Waals surface area contributed by atoms with Gasteiger partial charge in [0.25, 0.3) is 0 Å². The third-order valence-electron chi connectivity index (χ3n) is 1.97. The average molecular weight is 152 g/mol. The minimum absolute atomic E-state index is 0.902. The van der Waals surface area contributed by atoms with Gasteiger partial charge in [0.2, 0.25) is 0 Å². The van der Waals surface area contributed by atoms with Crippen molar-refractivity contribution in [3.05, 3.63) is 0 Å². The maximum atomic E-state index is 4.32. The number of nitrogens with one attached hydrogen (secondary N) is 1. The Hall–Kier alpha value is -1.06. The van der Waals surface area contributed by atoms with Crippen LogP contribution in [0.1, 0.15) is 6.92 Å². The Kier molecular flexibility index (Phi) is 1.52. The van der Waals surface area contributed by atoms with E-state index in [1.165, 1.54) is 0 Å². The quantitative estimate of drug-likeness (QED) is 0.516. The molecule has 0 bridgehead atoms. The minimum Gasteiger partial charge on any atom is -0.354 e. The van der Waals surface area contributed by atoms with Crippen LogP contribution >= 0.6 is 0 Å². The van der Waals surface area contributed by atoms with Gasteiger partial charge in [0.1, 0.15) is 5.84 Å². The number of hydrogen-bond acceptors (Lipinski definition) is 4. The molecule has 0 spiro atoms. The van der Waals surface area contributed by atoms with Crippen molar-refractivity contribution in [2.24, 2.45) is 9.98 Å². The average Bonchev–Trinajstić information content (AvgIpc) is 2.55. The molecule has 4 nitrogen and oxygen atoms in total. The van der Waals surface area contributed by atoms with Crippen molar-refractivity contribution in [1.82, 2.24) is 10.2 Å². The van der Waals surface area contributed by atoms with Gasteiger partial charge in [-0.15, -0.1) is 0 Å². The largest absolute Gasteiger partial charge is 0.354 e.